The summed E-state index contributed by atoms with van der Waals surface area (Å²) in [4.78, 5) is 28.1. The van der Waals surface area contributed by atoms with Crippen LogP contribution in [0.4, 0.5) is 10.7 Å². The number of carbonyl (C=O) groups excluding carboxylic acids is 2. The molecule has 9 heteroatoms. The lowest BCUT2D eigenvalue weighted by molar-refractivity contribution is 0.102. The molecule has 2 aliphatic rings. The van der Waals surface area contributed by atoms with Crippen LogP contribution >= 0.6 is 22.7 Å². The van der Waals surface area contributed by atoms with Crippen LogP contribution in [0, 0.1) is 0 Å². The third-order valence-electron chi connectivity index (χ3n) is 5.89. The van der Waals surface area contributed by atoms with Gasteiger partial charge in [-0.15, -0.1) is 22.7 Å². The fourth-order valence-electron chi connectivity index (χ4n) is 4.31. The highest BCUT2D eigenvalue weighted by Crippen LogP contribution is 2.40. The minimum Gasteiger partial charge on any atom is -0.313 e. The van der Waals surface area contributed by atoms with Crippen molar-refractivity contribution in [2.75, 3.05) is 21.9 Å². The number of carbonyl (C=O) groups is 2. The molecule has 0 atom stereocenters. The fraction of sp³-hybridized carbons (Fsp3) is 0.304. The number of rotatable bonds is 5. The Kier molecular flexibility index (Phi) is 5.65. The number of hydrogen-bond donors (Lipinski definition) is 1. The topological polar surface area (TPSA) is 83.6 Å². The number of nitrogens with zero attached hydrogens (tertiary/aromatic N) is 1. The van der Waals surface area contributed by atoms with Gasteiger partial charge in [0.15, 0.2) is 0 Å². The Labute approximate surface area is 194 Å². The lowest BCUT2D eigenvalue weighted by atomic mass is 9.93. The Bertz CT molecular complexity index is 1280. The minimum absolute atomic E-state index is 0.0377. The van der Waals surface area contributed by atoms with Crippen molar-refractivity contribution in [3.8, 4) is 0 Å². The van der Waals surface area contributed by atoms with E-state index < -0.39 is 10.0 Å². The summed E-state index contributed by atoms with van der Waals surface area (Å²) in [6, 6.07) is 10.3. The van der Waals surface area contributed by atoms with Crippen molar-refractivity contribution in [1.29, 1.82) is 0 Å². The van der Waals surface area contributed by atoms with Crippen molar-refractivity contribution in [1.82, 2.24) is 0 Å². The van der Waals surface area contributed by atoms with E-state index in [1.54, 1.807) is 24.3 Å². The first-order valence-electron chi connectivity index (χ1n) is 10.6. The maximum atomic E-state index is 13.2. The quantitative estimate of drug-likeness (QED) is 0.530. The zero-order valence-corrected chi connectivity index (χ0v) is 19.7. The zero-order chi connectivity index (χ0) is 22.3. The van der Waals surface area contributed by atoms with Crippen LogP contribution in [0.1, 0.15) is 55.3 Å². The van der Waals surface area contributed by atoms with Gasteiger partial charge in [0.1, 0.15) is 5.00 Å². The zero-order valence-electron chi connectivity index (χ0n) is 17.3. The van der Waals surface area contributed by atoms with Crippen LogP contribution in [-0.2, 0) is 22.9 Å². The summed E-state index contributed by atoms with van der Waals surface area (Å²) in [6.45, 7) is 0.461. The smallest absolute Gasteiger partial charge is 0.256 e. The van der Waals surface area contributed by atoms with Crippen LogP contribution in [0.25, 0.3) is 0 Å². The van der Waals surface area contributed by atoms with Crippen molar-refractivity contribution >= 4 is 55.1 Å². The molecule has 5 rings (SSSR count). The second-order valence-electron chi connectivity index (χ2n) is 7.96. The Balaban J connectivity index is 1.42. The molecule has 2 aromatic heterocycles. The van der Waals surface area contributed by atoms with E-state index in [0.717, 1.165) is 31.2 Å². The summed E-state index contributed by atoms with van der Waals surface area (Å²) in [6.07, 6.45) is 4.53. The molecular formula is C23H22N2O4S3. The molecule has 3 heterocycles. The first-order valence-corrected chi connectivity index (χ1v) is 13.9. The van der Waals surface area contributed by atoms with Gasteiger partial charge < -0.3 is 5.32 Å². The maximum absolute atomic E-state index is 13.2. The highest BCUT2D eigenvalue weighted by atomic mass is 32.2. The molecule has 0 unspecified atom stereocenters. The molecule has 1 saturated heterocycles. The van der Waals surface area contributed by atoms with E-state index >= 15 is 0 Å². The summed E-state index contributed by atoms with van der Waals surface area (Å²) < 4.78 is 25.7. The molecule has 1 aliphatic carbocycles. The van der Waals surface area contributed by atoms with Gasteiger partial charge in [-0.1, -0.05) is 6.07 Å². The second kappa shape index (κ2) is 8.46. The van der Waals surface area contributed by atoms with E-state index in [1.807, 2.05) is 17.5 Å². The largest absolute Gasteiger partial charge is 0.313 e. The van der Waals surface area contributed by atoms with Crippen molar-refractivity contribution in [2.24, 2.45) is 0 Å². The maximum Gasteiger partial charge on any atom is 0.256 e. The van der Waals surface area contributed by atoms with E-state index in [-0.39, 0.29) is 17.4 Å². The van der Waals surface area contributed by atoms with E-state index in [2.05, 4.69) is 5.32 Å². The first kappa shape index (κ1) is 21.4. The number of thiophene rings is 2. The number of fused-ring (bicyclic) bond motifs is 1. The van der Waals surface area contributed by atoms with Crippen LogP contribution < -0.4 is 9.62 Å². The van der Waals surface area contributed by atoms with Crippen molar-refractivity contribution in [2.45, 2.75) is 32.1 Å². The van der Waals surface area contributed by atoms with Gasteiger partial charge in [0.2, 0.25) is 15.8 Å². The fourth-order valence-corrected chi connectivity index (χ4v) is 7.83. The number of amides is 1. The summed E-state index contributed by atoms with van der Waals surface area (Å²) in [5.74, 6) is -0.191. The van der Waals surface area contributed by atoms with E-state index in [0.29, 0.717) is 39.7 Å². The predicted octanol–water partition coefficient (Wildman–Crippen LogP) is 4.71. The molecule has 1 amide bonds. The predicted molar refractivity (Wildman–Crippen MR) is 129 cm³/mol. The average molecular weight is 487 g/mol. The van der Waals surface area contributed by atoms with Gasteiger partial charge in [0.25, 0.3) is 5.91 Å². The Morgan fingerprint density at radius 1 is 1.00 bits per heavy atom. The number of anilines is 2. The lowest BCUT2D eigenvalue weighted by Gasteiger charge is -2.17. The van der Waals surface area contributed by atoms with Gasteiger partial charge >= 0.3 is 0 Å². The van der Waals surface area contributed by atoms with Crippen LogP contribution in [0.15, 0.2) is 41.8 Å². The molecule has 1 fully saturated rings. The van der Waals surface area contributed by atoms with E-state index in [4.69, 9.17) is 0 Å². The molecule has 0 spiro atoms. The summed E-state index contributed by atoms with van der Waals surface area (Å²) in [5.41, 5.74) is 2.69. The number of sulfonamides is 1. The molecule has 166 valence electrons. The van der Waals surface area contributed by atoms with Gasteiger partial charge in [-0.2, -0.15) is 0 Å². The van der Waals surface area contributed by atoms with Crippen LogP contribution in [0.2, 0.25) is 0 Å². The number of nitrogens with one attached hydrogen (secondary N) is 1. The van der Waals surface area contributed by atoms with Crippen molar-refractivity contribution in [3.05, 3.63) is 68.2 Å². The molecule has 32 heavy (non-hydrogen) atoms. The van der Waals surface area contributed by atoms with Gasteiger partial charge in [-0.3, -0.25) is 13.9 Å². The summed E-state index contributed by atoms with van der Waals surface area (Å²) in [5, 5.41) is 5.45. The SMILES string of the molecule is O=C(Nc1sc2c(c1C(=O)c1cccs1)CCCC2)c1ccc(N2CCCS2(=O)=O)cc1. The van der Waals surface area contributed by atoms with Crippen molar-refractivity contribution in [3.63, 3.8) is 0 Å². The van der Waals surface area contributed by atoms with Gasteiger partial charge in [-0.05, 0) is 73.4 Å². The summed E-state index contributed by atoms with van der Waals surface area (Å²) in [7, 11) is -3.26. The Hall–Kier alpha value is -2.49. The Morgan fingerprint density at radius 3 is 2.47 bits per heavy atom. The third-order valence-corrected chi connectivity index (χ3v) is 9.83. The van der Waals surface area contributed by atoms with Gasteiger partial charge in [0.05, 0.1) is 21.9 Å². The van der Waals surface area contributed by atoms with Crippen molar-refractivity contribution < 1.29 is 18.0 Å². The second-order valence-corrected chi connectivity index (χ2v) is 12.0. The van der Waals surface area contributed by atoms with Crippen LogP contribution in [0.3, 0.4) is 0 Å². The standard InChI is InChI=1S/C23H22N2O4S3/c26-21(19-7-3-13-30-19)20-17-5-1-2-6-18(17)31-23(20)24-22(27)15-8-10-16(11-9-15)25-12-4-14-32(25,28)29/h3,7-11,13H,1-2,4-6,12,14H2,(H,24,27). The number of benzene rings is 1. The van der Waals surface area contributed by atoms with Crippen LogP contribution in [-0.4, -0.2) is 32.4 Å². The molecule has 0 radical (unpaired) electrons. The average Bonchev–Trinajstić information content (AvgIpc) is 3.51. The molecule has 1 aromatic carbocycles. The van der Waals surface area contributed by atoms with E-state index in [9.17, 15) is 18.0 Å². The highest BCUT2D eigenvalue weighted by molar-refractivity contribution is 7.93. The van der Waals surface area contributed by atoms with E-state index in [1.165, 1.54) is 31.9 Å². The number of hydrogen-bond acceptors (Lipinski definition) is 6. The molecule has 1 N–H and O–H groups in total. The summed E-state index contributed by atoms with van der Waals surface area (Å²) >= 11 is 2.90. The lowest BCUT2D eigenvalue weighted by Crippen LogP contribution is -2.25. The monoisotopic (exact) mass is 486 g/mol. The molecule has 1 aliphatic heterocycles. The van der Waals surface area contributed by atoms with Gasteiger partial charge in [0, 0.05) is 17.0 Å². The molecule has 0 bridgehead atoms. The van der Waals surface area contributed by atoms with Crippen LogP contribution in [0.5, 0.6) is 0 Å². The number of ketones is 1. The molecular weight excluding hydrogens is 464 g/mol. The number of aryl methyl sites for hydroxylation is 1. The molecule has 3 aromatic rings. The Morgan fingerprint density at radius 2 is 1.78 bits per heavy atom. The molecule has 0 saturated carbocycles. The molecule has 6 nitrogen and oxygen atoms in total. The first-order chi connectivity index (χ1) is 15.4. The third kappa shape index (κ3) is 3.89. The normalized spacial score (nSPS) is 17.2. The highest BCUT2D eigenvalue weighted by Gasteiger charge is 2.29. The van der Waals surface area contributed by atoms with Gasteiger partial charge in [-0.25, -0.2) is 8.42 Å². The minimum atomic E-state index is -3.26.